The molecule has 2 atom stereocenters. The molecule has 1 aromatic rings. The van der Waals surface area contributed by atoms with Gasteiger partial charge in [0, 0.05) is 32.2 Å². The topological polar surface area (TPSA) is 63.4 Å². The van der Waals surface area contributed by atoms with E-state index in [-0.39, 0.29) is 12.5 Å². The van der Waals surface area contributed by atoms with Crippen LogP contribution in [-0.2, 0) is 24.0 Å². The Labute approximate surface area is 119 Å². The van der Waals surface area contributed by atoms with Crippen molar-refractivity contribution in [3.05, 3.63) is 11.6 Å². The molecule has 0 saturated carbocycles. The number of hydrogen-bond acceptors (Lipinski definition) is 5. The molecule has 2 aliphatic rings. The van der Waals surface area contributed by atoms with E-state index in [1.54, 1.807) is 0 Å². The van der Waals surface area contributed by atoms with Gasteiger partial charge in [0.1, 0.15) is 5.82 Å². The van der Waals surface area contributed by atoms with Crippen LogP contribution in [0, 0.1) is 5.92 Å². The molecule has 9 heteroatoms. The lowest BCUT2D eigenvalue weighted by atomic mass is 9.98. The molecule has 0 aliphatic carbocycles. The summed E-state index contributed by atoms with van der Waals surface area (Å²) in [5, 5.41) is 16.8. The third kappa shape index (κ3) is 3.04. The van der Waals surface area contributed by atoms with Gasteiger partial charge in [0.2, 0.25) is 5.82 Å². The fourth-order valence-corrected chi connectivity index (χ4v) is 2.86. The molecular formula is C12H17F3N4O2. The lowest BCUT2D eigenvalue weighted by Gasteiger charge is -2.34. The quantitative estimate of drug-likeness (QED) is 0.862. The van der Waals surface area contributed by atoms with Gasteiger partial charge in [-0.3, -0.25) is 4.90 Å². The van der Waals surface area contributed by atoms with Crippen LogP contribution in [0.15, 0.2) is 0 Å². The standard InChI is InChI=1S/C12H17F3N4O2/c13-12(14,15)11-17-16-10-6-18(2-3-19(10)11)5-8-7-21-4-1-9(8)20/h8-9,20H,1-7H2. The van der Waals surface area contributed by atoms with Gasteiger partial charge in [0.15, 0.2) is 0 Å². The first-order valence-electron chi connectivity index (χ1n) is 6.92. The number of alkyl halides is 3. The summed E-state index contributed by atoms with van der Waals surface area (Å²) in [5.41, 5.74) is 0. The molecule has 3 rings (SSSR count). The molecule has 6 nitrogen and oxygen atoms in total. The Bertz CT molecular complexity index is 505. The number of aliphatic hydroxyl groups excluding tert-OH is 1. The second-order valence-electron chi connectivity index (χ2n) is 5.52. The first-order chi connectivity index (χ1) is 9.95. The van der Waals surface area contributed by atoms with E-state index in [1.807, 2.05) is 4.90 Å². The Hall–Kier alpha value is -1.19. The van der Waals surface area contributed by atoms with E-state index < -0.39 is 18.1 Å². The van der Waals surface area contributed by atoms with Crippen molar-refractivity contribution in [3.8, 4) is 0 Å². The Morgan fingerprint density at radius 3 is 2.81 bits per heavy atom. The van der Waals surface area contributed by atoms with Crippen LogP contribution in [0.2, 0.25) is 0 Å². The van der Waals surface area contributed by atoms with Gasteiger partial charge in [0.25, 0.3) is 0 Å². The minimum Gasteiger partial charge on any atom is -0.393 e. The zero-order chi connectivity index (χ0) is 15.0. The molecule has 0 aromatic carbocycles. The number of nitrogens with zero attached hydrogens (tertiary/aromatic N) is 4. The van der Waals surface area contributed by atoms with Crippen LogP contribution in [-0.4, -0.2) is 57.2 Å². The zero-order valence-corrected chi connectivity index (χ0v) is 11.4. The molecule has 21 heavy (non-hydrogen) atoms. The Morgan fingerprint density at radius 1 is 1.29 bits per heavy atom. The van der Waals surface area contributed by atoms with E-state index in [2.05, 4.69) is 10.2 Å². The van der Waals surface area contributed by atoms with Gasteiger partial charge < -0.3 is 14.4 Å². The van der Waals surface area contributed by atoms with Crippen LogP contribution >= 0.6 is 0 Å². The highest BCUT2D eigenvalue weighted by molar-refractivity contribution is 5.02. The monoisotopic (exact) mass is 306 g/mol. The average Bonchev–Trinajstić information content (AvgIpc) is 2.84. The number of aromatic nitrogens is 3. The normalized spacial score (nSPS) is 27.6. The first-order valence-corrected chi connectivity index (χ1v) is 6.92. The van der Waals surface area contributed by atoms with Gasteiger partial charge in [-0.2, -0.15) is 13.2 Å². The van der Waals surface area contributed by atoms with Gasteiger partial charge in [-0.1, -0.05) is 0 Å². The summed E-state index contributed by atoms with van der Waals surface area (Å²) in [6.07, 6.45) is -4.28. The number of ether oxygens (including phenoxy) is 1. The Morgan fingerprint density at radius 2 is 2.10 bits per heavy atom. The highest BCUT2D eigenvalue weighted by Gasteiger charge is 2.39. The molecule has 3 heterocycles. The van der Waals surface area contributed by atoms with Crippen molar-refractivity contribution in [1.82, 2.24) is 19.7 Å². The summed E-state index contributed by atoms with van der Waals surface area (Å²) < 4.78 is 44.7. The number of aliphatic hydroxyl groups is 1. The zero-order valence-electron chi connectivity index (χ0n) is 11.4. The van der Waals surface area contributed by atoms with Gasteiger partial charge in [0.05, 0.1) is 19.3 Å². The van der Waals surface area contributed by atoms with E-state index in [0.717, 1.165) is 4.57 Å². The first kappa shape index (κ1) is 14.7. The predicted octanol–water partition coefficient (Wildman–Crippen LogP) is 0.510. The van der Waals surface area contributed by atoms with E-state index in [4.69, 9.17) is 4.74 Å². The molecular weight excluding hydrogens is 289 g/mol. The highest BCUT2D eigenvalue weighted by atomic mass is 19.4. The van der Waals surface area contributed by atoms with Crippen molar-refractivity contribution < 1.29 is 23.0 Å². The minimum atomic E-state index is -4.47. The van der Waals surface area contributed by atoms with Crippen LogP contribution in [0.25, 0.3) is 0 Å². The molecule has 0 bridgehead atoms. The van der Waals surface area contributed by atoms with E-state index in [0.29, 0.717) is 45.1 Å². The molecule has 1 aromatic heterocycles. The van der Waals surface area contributed by atoms with Gasteiger partial charge in [-0.05, 0) is 6.42 Å². The second-order valence-corrected chi connectivity index (χ2v) is 5.52. The van der Waals surface area contributed by atoms with E-state index in [1.165, 1.54) is 0 Å². The van der Waals surface area contributed by atoms with Gasteiger partial charge >= 0.3 is 6.18 Å². The lowest BCUT2D eigenvalue weighted by molar-refractivity contribution is -0.148. The lowest BCUT2D eigenvalue weighted by Crippen LogP contribution is -2.44. The summed E-state index contributed by atoms with van der Waals surface area (Å²) in [5.74, 6) is -0.617. The summed E-state index contributed by atoms with van der Waals surface area (Å²) >= 11 is 0. The van der Waals surface area contributed by atoms with Crippen molar-refractivity contribution in [2.24, 2.45) is 5.92 Å². The second kappa shape index (κ2) is 5.54. The van der Waals surface area contributed by atoms with Crippen molar-refractivity contribution >= 4 is 0 Å². The maximum atomic E-state index is 12.7. The largest absolute Gasteiger partial charge is 0.451 e. The molecule has 118 valence electrons. The summed E-state index contributed by atoms with van der Waals surface area (Å²) in [7, 11) is 0. The third-order valence-corrected chi connectivity index (χ3v) is 4.01. The van der Waals surface area contributed by atoms with Crippen LogP contribution in [0.3, 0.4) is 0 Å². The average molecular weight is 306 g/mol. The number of fused-ring (bicyclic) bond motifs is 1. The maximum Gasteiger partial charge on any atom is 0.451 e. The highest BCUT2D eigenvalue weighted by Crippen LogP contribution is 2.29. The molecule has 2 unspecified atom stereocenters. The smallest absolute Gasteiger partial charge is 0.393 e. The summed E-state index contributed by atoms with van der Waals surface area (Å²) in [6.45, 7) is 2.64. The molecule has 0 spiro atoms. The predicted molar refractivity (Wildman–Crippen MR) is 65.2 cm³/mol. The van der Waals surface area contributed by atoms with Crippen LogP contribution in [0.1, 0.15) is 18.1 Å². The van der Waals surface area contributed by atoms with Crippen molar-refractivity contribution in [2.45, 2.75) is 31.8 Å². The fraction of sp³-hybridized carbons (Fsp3) is 0.833. The van der Waals surface area contributed by atoms with Crippen molar-refractivity contribution in [2.75, 3.05) is 26.3 Å². The van der Waals surface area contributed by atoms with Crippen LogP contribution in [0.4, 0.5) is 13.2 Å². The summed E-state index contributed by atoms with van der Waals surface area (Å²) in [6, 6.07) is 0. The van der Waals surface area contributed by atoms with E-state index in [9.17, 15) is 18.3 Å². The SMILES string of the molecule is OC1CCOCC1CN1CCn2c(nnc2C(F)(F)F)C1. The molecule has 1 saturated heterocycles. The van der Waals surface area contributed by atoms with E-state index >= 15 is 0 Å². The summed E-state index contributed by atoms with van der Waals surface area (Å²) in [4.78, 5) is 1.99. The minimum absolute atomic E-state index is 0.00434. The van der Waals surface area contributed by atoms with Crippen molar-refractivity contribution in [3.63, 3.8) is 0 Å². The number of hydrogen-bond donors (Lipinski definition) is 1. The van der Waals surface area contributed by atoms with Gasteiger partial charge in [-0.25, -0.2) is 0 Å². The Kier molecular flexibility index (Phi) is 3.89. The van der Waals surface area contributed by atoms with Crippen LogP contribution in [0.5, 0.6) is 0 Å². The Balaban J connectivity index is 1.66. The fourth-order valence-electron chi connectivity index (χ4n) is 2.86. The van der Waals surface area contributed by atoms with Gasteiger partial charge in [-0.15, -0.1) is 10.2 Å². The molecule has 1 N–H and O–H groups in total. The number of halogens is 3. The molecule has 2 aliphatic heterocycles. The maximum absolute atomic E-state index is 12.7. The number of rotatable bonds is 2. The van der Waals surface area contributed by atoms with Crippen LogP contribution < -0.4 is 0 Å². The molecule has 1 fully saturated rings. The molecule has 0 radical (unpaired) electrons. The molecule has 0 amide bonds. The van der Waals surface area contributed by atoms with Crippen molar-refractivity contribution in [1.29, 1.82) is 0 Å². The third-order valence-electron chi connectivity index (χ3n) is 4.01.